The number of carboxylic acids is 2. The molecule has 2 unspecified atom stereocenters. The van der Waals surface area contributed by atoms with Crippen LogP contribution in [0.15, 0.2) is 10.3 Å². The minimum absolute atomic E-state index is 0.00488. The van der Waals surface area contributed by atoms with Crippen molar-refractivity contribution in [2.75, 3.05) is 23.8 Å². The second-order valence-electron chi connectivity index (χ2n) is 9.41. The smallest absolute Gasteiger partial charge is 0.325 e. The van der Waals surface area contributed by atoms with Crippen molar-refractivity contribution in [2.24, 2.45) is 10.6 Å². The summed E-state index contributed by atoms with van der Waals surface area (Å²) < 4.78 is 5.11. The predicted molar refractivity (Wildman–Crippen MR) is 140 cm³/mol. The largest absolute Gasteiger partial charge is 0.481 e. The van der Waals surface area contributed by atoms with Gasteiger partial charge in [-0.2, -0.15) is 9.36 Å². The number of aliphatic carboxylic acids is 2. The van der Waals surface area contributed by atoms with Gasteiger partial charge in [-0.15, -0.1) is 16.9 Å². The van der Waals surface area contributed by atoms with E-state index in [-0.39, 0.29) is 46.0 Å². The molecule has 0 bridgehead atoms. The Bertz CT molecular complexity index is 1350. The van der Waals surface area contributed by atoms with E-state index in [0.717, 1.165) is 53.7 Å². The molecule has 1 aliphatic carbocycles. The third-order valence-electron chi connectivity index (χ3n) is 6.61. The Morgan fingerprint density at radius 1 is 1.27 bits per heavy atom. The number of carbonyl (C=O) groups excluding carboxylic acids is 2. The van der Waals surface area contributed by atoms with E-state index in [4.69, 9.17) is 15.7 Å². The molecule has 3 aliphatic rings. The van der Waals surface area contributed by atoms with Gasteiger partial charge in [-0.05, 0) is 36.1 Å². The summed E-state index contributed by atoms with van der Waals surface area (Å²) in [7, 11) is 0. The SMILES string of the molecule is Nc1nc(C(=NOC2CCCC2)C(=O)NC2C(=O)N3CC(CSc4nnnn4CC(=O)O)(C(=O)O)CS[C@H]23)ns1. The zero-order chi connectivity index (χ0) is 28.4. The lowest BCUT2D eigenvalue weighted by Crippen LogP contribution is -2.74. The summed E-state index contributed by atoms with van der Waals surface area (Å²) in [5.74, 6) is -3.30. The summed E-state index contributed by atoms with van der Waals surface area (Å²) >= 11 is 3.12. The fourth-order valence-electron chi connectivity index (χ4n) is 4.48. The molecule has 0 spiro atoms. The number of thioether (sulfide) groups is 2. The van der Waals surface area contributed by atoms with Crippen molar-refractivity contribution >= 4 is 69.7 Å². The number of nitrogens with one attached hydrogen (secondary N) is 1. The summed E-state index contributed by atoms with van der Waals surface area (Å²) in [6, 6.07) is -0.910. The van der Waals surface area contributed by atoms with Gasteiger partial charge in [0.2, 0.25) is 22.6 Å². The fourth-order valence-corrected chi connectivity index (χ4v) is 7.65. The third kappa shape index (κ3) is 5.68. The van der Waals surface area contributed by atoms with Gasteiger partial charge in [0.25, 0.3) is 5.91 Å². The zero-order valence-corrected chi connectivity index (χ0v) is 23.2. The molecule has 17 nitrogen and oxygen atoms in total. The Hall–Kier alpha value is -3.52. The van der Waals surface area contributed by atoms with Crippen molar-refractivity contribution in [2.45, 2.75) is 54.9 Å². The number of oxime groups is 1. The Morgan fingerprint density at radius 2 is 2.05 bits per heavy atom. The van der Waals surface area contributed by atoms with Crippen LogP contribution in [0.4, 0.5) is 5.13 Å². The summed E-state index contributed by atoms with van der Waals surface area (Å²) in [5, 5.41) is 36.4. The van der Waals surface area contributed by atoms with E-state index in [0.29, 0.717) is 0 Å². The van der Waals surface area contributed by atoms with Crippen LogP contribution in [-0.4, -0.2) is 110 Å². The molecular formula is C20H24N10O7S3. The zero-order valence-electron chi connectivity index (χ0n) is 20.7. The molecule has 2 aliphatic heterocycles. The first-order valence-electron chi connectivity index (χ1n) is 12.1. The lowest BCUT2D eigenvalue weighted by molar-refractivity contribution is -0.157. The molecule has 1 saturated carbocycles. The second-order valence-corrected chi connectivity index (χ2v) is 12.2. The van der Waals surface area contributed by atoms with Crippen molar-refractivity contribution in [3.05, 3.63) is 5.82 Å². The molecule has 20 heteroatoms. The van der Waals surface area contributed by atoms with Gasteiger partial charge < -0.3 is 31.0 Å². The van der Waals surface area contributed by atoms with Gasteiger partial charge in [0.15, 0.2) is 5.13 Å². The number of rotatable bonds is 11. The highest BCUT2D eigenvalue weighted by Crippen LogP contribution is 2.44. The molecule has 0 radical (unpaired) electrons. The van der Waals surface area contributed by atoms with Crippen molar-refractivity contribution < 1.29 is 34.2 Å². The maximum atomic E-state index is 13.2. The van der Waals surface area contributed by atoms with Crippen LogP contribution in [0.5, 0.6) is 0 Å². The lowest BCUT2D eigenvalue weighted by atomic mass is 9.89. The van der Waals surface area contributed by atoms with E-state index in [1.54, 1.807) is 0 Å². The first-order valence-corrected chi connectivity index (χ1v) is 14.9. The number of carbonyl (C=O) groups is 4. The van der Waals surface area contributed by atoms with Crippen molar-refractivity contribution in [3.63, 3.8) is 0 Å². The van der Waals surface area contributed by atoms with Crippen LogP contribution >= 0.6 is 35.1 Å². The Morgan fingerprint density at radius 3 is 2.73 bits per heavy atom. The molecule has 2 aromatic heterocycles. The number of nitrogens with zero attached hydrogens (tertiary/aromatic N) is 8. The number of hydrogen-bond acceptors (Lipinski definition) is 15. The summed E-state index contributed by atoms with van der Waals surface area (Å²) in [5.41, 5.74) is 4.14. The van der Waals surface area contributed by atoms with Gasteiger partial charge in [-0.1, -0.05) is 16.9 Å². The van der Waals surface area contributed by atoms with Crippen LogP contribution in [0.3, 0.4) is 0 Å². The van der Waals surface area contributed by atoms with E-state index in [2.05, 4.69) is 35.4 Å². The van der Waals surface area contributed by atoms with Gasteiger partial charge in [0.1, 0.15) is 29.5 Å². The van der Waals surface area contributed by atoms with Gasteiger partial charge in [0, 0.05) is 29.6 Å². The van der Waals surface area contributed by atoms with E-state index in [1.165, 1.54) is 16.7 Å². The molecule has 2 aromatic rings. The molecule has 5 N–H and O–H groups in total. The van der Waals surface area contributed by atoms with E-state index < -0.39 is 47.1 Å². The van der Waals surface area contributed by atoms with Gasteiger partial charge in [0.05, 0.1) is 0 Å². The van der Waals surface area contributed by atoms with Crippen LogP contribution in [0, 0.1) is 5.41 Å². The topological polar surface area (TPSA) is 241 Å². The van der Waals surface area contributed by atoms with Gasteiger partial charge in [-0.25, -0.2) is 4.68 Å². The lowest BCUT2D eigenvalue weighted by Gasteiger charge is -2.53. The molecule has 3 atom stereocenters. The van der Waals surface area contributed by atoms with E-state index >= 15 is 0 Å². The number of fused-ring (bicyclic) bond motifs is 1. The minimum Gasteiger partial charge on any atom is -0.481 e. The number of aromatic nitrogens is 6. The third-order valence-corrected chi connectivity index (χ3v) is 9.99. The average molecular weight is 613 g/mol. The molecule has 40 heavy (non-hydrogen) atoms. The summed E-state index contributed by atoms with van der Waals surface area (Å²) in [6.45, 7) is -0.577. The van der Waals surface area contributed by atoms with Gasteiger partial charge >= 0.3 is 11.9 Å². The van der Waals surface area contributed by atoms with Crippen LogP contribution in [-0.2, 0) is 30.6 Å². The van der Waals surface area contributed by atoms with Crippen molar-refractivity contribution in [1.29, 1.82) is 0 Å². The number of nitrogen functional groups attached to an aromatic ring is 1. The van der Waals surface area contributed by atoms with E-state index in [9.17, 15) is 24.3 Å². The van der Waals surface area contributed by atoms with Crippen LogP contribution < -0.4 is 11.1 Å². The van der Waals surface area contributed by atoms with Crippen LogP contribution in [0.2, 0.25) is 0 Å². The van der Waals surface area contributed by atoms with E-state index in [1.807, 2.05) is 0 Å². The second kappa shape index (κ2) is 11.5. The molecule has 5 rings (SSSR count). The fraction of sp³-hybridized carbons (Fsp3) is 0.600. The summed E-state index contributed by atoms with van der Waals surface area (Å²) in [6.07, 6.45) is 3.52. The molecule has 3 fully saturated rings. The number of hydrogen-bond donors (Lipinski definition) is 4. The molecule has 2 saturated heterocycles. The molecule has 214 valence electrons. The highest BCUT2D eigenvalue weighted by Gasteiger charge is 2.57. The number of amides is 2. The molecule has 2 amide bonds. The first-order chi connectivity index (χ1) is 19.2. The summed E-state index contributed by atoms with van der Waals surface area (Å²) in [4.78, 5) is 60.6. The number of nitrogens with two attached hydrogens (primary N) is 1. The Labute approximate surface area is 238 Å². The number of β-lactam (4-membered cyclic amide) rings is 1. The molecule has 0 aromatic carbocycles. The average Bonchev–Trinajstić information content (AvgIpc) is 3.69. The van der Waals surface area contributed by atoms with Crippen molar-refractivity contribution in [3.8, 4) is 0 Å². The highest BCUT2D eigenvalue weighted by atomic mass is 32.2. The standard InChI is InChI=1S/C20H24N10O7S3/c21-18-23-13(26-40-18)11(25-37-9-3-1-2-4-9)14(33)22-12-15(34)29-6-20(17(35)36,7-38-16(12)29)8-39-19-24-27-28-30(19)5-10(31)32/h9,12,16H,1-8H2,(H,22,33)(H,31,32)(H,35,36)(H2,21,23,26)/t12?,16-,20?/m1/s1. The maximum Gasteiger partial charge on any atom is 0.325 e. The predicted octanol–water partition coefficient (Wildman–Crippen LogP) is -0.882. The quantitative estimate of drug-likeness (QED) is 0.104. The molecular weight excluding hydrogens is 588 g/mol. The highest BCUT2D eigenvalue weighted by molar-refractivity contribution is 8.00. The maximum absolute atomic E-state index is 13.2. The number of tetrazole rings is 1. The number of carboxylic acid groups (broad SMARTS) is 2. The Kier molecular flexibility index (Phi) is 8.08. The first kappa shape index (κ1) is 28.0. The minimum atomic E-state index is -1.35. The van der Waals surface area contributed by atoms with Crippen molar-refractivity contribution in [1.82, 2.24) is 39.8 Å². The normalized spacial score (nSPS) is 24.9. The van der Waals surface area contributed by atoms with Crippen LogP contribution in [0.25, 0.3) is 0 Å². The number of anilines is 1. The molecule has 4 heterocycles. The monoisotopic (exact) mass is 612 g/mol. The van der Waals surface area contributed by atoms with Gasteiger partial charge in [-0.3, -0.25) is 19.2 Å². The Balaban J connectivity index is 1.24. The van der Waals surface area contributed by atoms with Crippen LogP contribution in [0.1, 0.15) is 31.5 Å².